The Labute approximate surface area is 210 Å². The fourth-order valence-corrected chi connectivity index (χ4v) is 4.81. The van der Waals surface area contributed by atoms with Crippen LogP contribution in [0.3, 0.4) is 0 Å². The van der Waals surface area contributed by atoms with E-state index in [9.17, 15) is 14.9 Å². The molecule has 0 bridgehead atoms. The Morgan fingerprint density at radius 2 is 1.69 bits per heavy atom. The number of nitrogens with one attached hydrogen (secondary N) is 1. The van der Waals surface area contributed by atoms with Crippen LogP contribution < -0.4 is 19.9 Å². The molecule has 0 saturated carbocycles. The Morgan fingerprint density at radius 1 is 1.00 bits per heavy atom. The minimum absolute atomic E-state index is 0.160. The number of thiocarbonyl (C=S) groups is 1. The number of ether oxygens (including phenoxy) is 1. The molecule has 0 atom stereocenters. The fourth-order valence-electron chi connectivity index (χ4n) is 4.54. The molecule has 186 valence electrons. The lowest BCUT2D eigenvalue weighted by Crippen LogP contribution is -2.52. The van der Waals surface area contributed by atoms with Crippen LogP contribution in [0.2, 0.25) is 0 Å². The van der Waals surface area contributed by atoms with Gasteiger partial charge in [0.05, 0.1) is 11.5 Å². The number of carbonyl (C=O) groups is 1. The average molecular weight is 498 g/mol. The third-order valence-corrected chi connectivity index (χ3v) is 6.79. The van der Waals surface area contributed by atoms with Gasteiger partial charge in [0.15, 0.2) is 5.11 Å². The van der Waals surface area contributed by atoms with Gasteiger partial charge in [-0.05, 0) is 74.8 Å². The highest BCUT2D eigenvalue weighted by Gasteiger charge is 2.25. The van der Waals surface area contributed by atoms with Gasteiger partial charge in [-0.15, -0.1) is 0 Å². The van der Waals surface area contributed by atoms with Crippen LogP contribution >= 0.6 is 12.2 Å². The minimum Gasteiger partial charge on any atom is -0.494 e. The van der Waals surface area contributed by atoms with Crippen molar-refractivity contribution in [2.24, 2.45) is 0 Å². The van der Waals surface area contributed by atoms with Gasteiger partial charge in [0.1, 0.15) is 11.4 Å². The lowest BCUT2D eigenvalue weighted by atomic mass is 10.1. The van der Waals surface area contributed by atoms with Crippen molar-refractivity contribution in [2.75, 3.05) is 55.7 Å². The molecule has 2 fully saturated rings. The largest absolute Gasteiger partial charge is 0.494 e. The van der Waals surface area contributed by atoms with Crippen molar-refractivity contribution in [1.29, 1.82) is 0 Å². The van der Waals surface area contributed by atoms with Crippen molar-refractivity contribution in [3.05, 3.63) is 58.1 Å². The maximum absolute atomic E-state index is 12.6. The zero-order valence-electron chi connectivity index (χ0n) is 19.9. The number of rotatable bonds is 6. The molecule has 1 amide bonds. The number of amides is 1. The number of carbonyl (C=O) groups excluding carboxylic acids is 1. The summed E-state index contributed by atoms with van der Waals surface area (Å²) in [6.45, 7) is 6.89. The maximum atomic E-state index is 12.6. The second-order valence-corrected chi connectivity index (χ2v) is 9.06. The van der Waals surface area contributed by atoms with Gasteiger partial charge in [0.25, 0.3) is 11.6 Å². The van der Waals surface area contributed by atoms with Crippen molar-refractivity contribution in [2.45, 2.75) is 26.2 Å². The van der Waals surface area contributed by atoms with Gasteiger partial charge in [-0.1, -0.05) is 0 Å². The molecule has 2 aromatic carbocycles. The van der Waals surface area contributed by atoms with E-state index in [-0.39, 0.29) is 16.5 Å². The summed E-state index contributed by atoms with van der Waals surface area (Å²) in [7, 11) is 0. The third kappa shape index (κ3) is 6.00. The van der Waals surface area contributed by atoms with Gasteiger partial charge >= 0.3 is 0 Å². The van der Waals surface area contributed by atoms with Gasteiger partial charge in [-0.25, -0.2) is 0 Å². The predicted molar refractivity (Wildman–Crippen MR) is 141 cm³/mol. The zero-order valence-corrected chi connectivity index (χ0v) is 20.8. The van der Waals surface area contributed by atoms with Crippen molar-refractivity contribution >= 4 is 40.3 Å². The van der Waals surface area contributed by atoms with Crippen LogP contribution in [0, 0.1) is 10.1 Å². The average Bonchev–Trinajstić information content (AvgIpc) is 2.89. The van der Waals surface area contributed by atoms with Gasteiger partial charge in [-0.2, -0.15) is 0 Å². The van der Waals surface area contributed by atoms with Crippen molar-refractivity contribution in [1.82, 2.24) is 10.2 Å². The first kappa shape index (κ1) is 24.7. The normalized spacial score (nSPS) is 16.1. The van der Waals surface area contributed by atoms with Crippen molar-refractivity contribution in [3.63, 3.8) is 0 Å². The van der Waals surface area contributed by atoms with Gasteiger partial charge in [0.2, 0.25) is 0 Å². The standard InChI is InChI=1S/C25H31N5O4S/c1-2-34-21-9-6-19(7-10-21)24(31)26-25(35)29-16-14-27(15-17-29)20-8-11-22(30(32)33)23(18-20)28-12-4-3-5-13-28/h6-11,18H,2-5,12-17H2,1H3,(H,26,31,35). The molecule has 0 spiro atoms. The van der Waals surface area contributed by atoms with Gasteiger partial charge in [0, 0.05) is 56.6 Å². The fraction of sp³-hybridized carbons (Fsp3) is 0.440. The van der Waals surface area contributed by atoms with Crippen LogP contribution in [-0.2, 0) is 0 Å². The zero-order chi connectivity index (χ0) is 24.8. The molecule has 1 N–H and O–H groups in total. The van der Waals surface area contributed by atoms with Gasteiger partial charge < -0.3 is 19.4 Å². The number of anilines is 2. The van der Waals surface area contributed by atoms with E-state index in [2.05, 4.69) is 15.1 Å². The number of hydrogen-bond donors (Lipinski definition) is 1. The second-order valence-electron chi connectivity index (χ2n) is 8.67. The third-order valence-electron chi connectivity index (χ3n) is 6.43. The highest BCUT2D eigenvalue weighted by atomic mass is 32.1. The lowest BCUT2D eigenvalue weighted by Gasteiger charge is -2.37. The molecule has 0 radical (unpaired) electrons. The first-order chi connectivity index (χ1) is 17.0. The topological polar surface area (TPSA) is 91.2 Å². The van der Waals surface area contributed by atoms with Crippen LogP contribution in [0.15, 0.2) is 42.5 Å². The number of benzene rings is 2. The number of nitro benzene ring substituents is 1. The van der Waals surface area contributed by atoms with E-state index in [1.165, 1.54) is 6.42 Å². The van der Waals surface area contributed by atoms with Crippen molar-refractivity contribution in [3.8, 4) is 5.75 Å². The molecule has 35 heavy (non-hydrogen) atoms. The summed E-state index contributed by atoms with van der Waals surface area (Å²) >= 11 is 5.49. The molecule has 2 aliphatic heterocycles. The number of piperazine rings is 1. The van der Waals surface area contributed by atoms with E-state index in [0.29, 0.717) is 49.1 Å². The summed E-state index contributed by atoms with van der Waals surface area (Å²) in [5, 5.41) is 14.8. The van der Waals surface area contributed by atoms with Crippen LogP contribution in [-0.4, -0.2) is 66.7 Å². The molecule has 2 aliphatic rings. The first-order valence-corrected chi connectivity index (χ1v) is 12.5. The van der Waals surface area contributed by atoms with Crippen molar-refractivity contribution < 1.29 is 14.5 Å². The number of piperidine rings is 1. The van der Waals surface area contributed by atoms with E-state index in [1.807, 2.05) is 24.0 Å². The number of hydrogen-bond acceptors (Lipinski definition) is 7. The van der Waals surface area contributed by atoms with E-state index >= 15 is 0 Å². The molecule has 0 aliphatic carbocycles. The number of nitrogens with zero attached hydrogens (tertiary/aromatic N) is 4. The Bertz CT molecular complexity index is 1060. The van der Waals surface area contributed by atoms with Crippen LogP contribution in [0.25, 0.3) is 0 Å². The summed E-state index contributed by atoms with van der Waals surface area (Å²) in [6.07, 6.45) is 3.28. The molecule has 2 heterocycles. The van der Waals surface area contributed by atoms with E-state index in [4.69, 9.17) is 17.0 Å². The second kappa shape index (κ2) is 11.4. The molecule has 10 heteroatoms. The molecule has 0 aromatic heterocycles. The molecule has 9 nitrogen and oxygen atoms in total. The molecular weight excluding hydrogens is 466 g/mol. The minimum atomic E-state index is -0.294. The molecule has 2 saturated heterocycles. The Kier molecular flexibility index (Phi) is 8.02. The highest BCUT2D eigenvalue weighted by molar-refractivity contribution is 7.80. The summed E-state index contributed by atoms with van der Waals surface area (Å²) in [6, 6.07) is 12.4. The summed E-state index contributed by atoms with van der Waals surface area (Å²) in [5.74, 6) is 0.472. The first-order valence-electron chi connectivity index (χ1n) is 12.1. The lowest BCUT2D eigenvalue weighted by molar-refractivity contribution is -0.384. The van der Waals surface area contributed by atoms with Crippen LogP contribution in [0.4, 0.5) is 17.1 Å². The van der Waals surface area contributed by atoms with Crippen LogP contribution in [0.1, 0.15) is 36.5 Å². The smallest absolute Gasteiger partial charge is 0.292 e. The van der Waals surface area contributed by atoms with E-state index in [1.54, 1.807) is 30.3 Å². The van der Waals surface area contributed by atoms with E-state index < -0.39 is 0 Å². The summed E-state index contributed by atoms with van der Waals surface area (Å²) in [4.78, 5) is 30.2. The Hall–Kier alpha value is -3.40. The highest BCUT2D eigenvalue weighted by Crippen LogP contribution is 2.34. The van der Waals surface area contributed by atoms with Gasteiger partial charge in [-0.3, -0.25) is 20.2 Å². The maximum Gasteiger partial charge on any atom is 0.292 e. The predicted octanol–water partition coefficient (Wildman–Crippen LogP) is 3.82. The molecular formula is C25H31N5O4S. The quantitative estimate of drug-likeness (QED) is 0.366. The van der Waals surface area contributed by atoms with E-state index in [0.717, 1.165) is 37.4 Å². The molecule has 2 aromatic rings. The molecule has 0 unspecified atom stereocenters. The Morgan fingerprint density at radius 3 is 2.31 bits per heavy atom. The molecule has 4 rings (SSSR count). The van der Waals surface area contributed by atoms with Crippen LogP contribution in [0.5, 0.6) is 5.75 Å². The summed E-state index contributed by atoms with van der Waals surface area (Å²) in [5.41, 5.74) is 2.35. The monoisotopic (exact) mass is 497 g/mol. The number of nitro groups is 1. The SMILES string of the molecule is CCOc1ccc(C(=O)NC(=S)N2CCN(c3ccc([N+](=O)[O-])c(N4CCCCC4)c3)CC2)cc1. The Balaban J connectivity index is 1.36. The summed E-state index contributed by atoms with van der Waals surface area (Å²) < 4.78 is 5.42.